The van der Waals surface area contributed by atoms with E-state index in [1.165, 1.54) is 11.1 Å². The quantitative estimate of drug-likeness (QED) is 0.803. The van der Waals surface area contributed by atoms with E-state index in [-0.39, 0.29) is 11.5 Å². The summed E-state index contributed by atoms with van der Waals surface area (Å²) in [4.78, 5) is 14.0. The molecule has 1 saturated heterocycles. The van der Waals surface area contributed by atoms with Crippen LogP contribution in [-0.4, -0.2) is 29.7 Å². The van der Waals surface area contributed by atoms with E-state index < -0.39 is 5.60 Å². The first-order valence-corrected chi connectivity index (χ1v) is 8.31. The predicted octanol–water partition coefficient (Wildman–Crippen LogP) is 4.54. The fourth-order valence-electron chi connectivity index (χ4n) is 3.20. The number of carbonyl (C=O) groups is 1. The maximum Gasteiger partial charge on any atom is 0.410 e. The molecular weight excluding hydrogens is 274 g/mol. The van der Waals surface area contributed by atoms with E-state index >= 15 is 0 Å². The largest absolute Gasteiger partial charge is 0.444 e. The van der Waals surface area contributed by atoms with Crippen molar-refractivity contribution in [3.05, 3.63) is 35.4 Å². The molecule has 0 saturated carbocycles. The highest BCUT2D eigenvalue weighted by molar-refractivity contribution is 5.68. The van der Waals surface area contributed by atoms with Crippen LogP contribution in [0.1, 0.15) is 58.6 Å². The zero-order chi connectivity index (χ0) is 16.4. The first kappa shape index (κ1) is 16.9. The Kier molecular flexibility index (Phi) is 4.84. The van der Waals surface area contributed by atoms with E-state index in [0.717, 1.165) is 32.4 Å². The zero-order valence-corrected chi connectivity index (χ0v) is 14.6. The van der Waals surface area contributed by atoms with Crippen molar-refractivity contribution < 1.29 is 9.53 Å². The van der Waals surface area contributed by atoms with Gasteiger partial charge >= 0.3 is 6.09 Å². The first-order valence-electron chi connectivity index (χ1n) is 8.31. The van der Waals surface area contributed by atoms with Crippen molar-refractivity contribution in [3.8, 4) is 0 Å². The van der Waals surface area contributed by atoms with Gasteiger partial charge in [0.25, 0.3) is 0 Å². The van der Waals surface area contributed by atoms with Crippen LogP contribution in [-0.2, 0) is 16.6 Å². The second-order valence-electron chi connectivity index (χ2n) is 7.54. The van der Waals surface area contributed by atoms with Gasteiger partial charge in [0.2, 0.25) is 0 Å². The van der Waals surface area contributed by atoms with Crippen LogP contribution in [0.2, 0.25) is 0 Å². The van der Waals surface area contributed by atoms with E-state index in [4.69, 9.17) is 4.74 Å². The van der Waals surface area contributed by atoms with Gasteiger partial charge < -0.3 is 9.64 Å². The summed E-state index contributed by atoms with van der Waals surface area (Å²) in [7, 11) is 0. The van der Waals surface area contributed by atoms with Gasteiger partial charge in [-0.3, -0.25) is 0 Å². The third-order valence-electron chi connectivity index (χ3n) is 4.57. The Bertz CT molecular complexity index is 522. The number of carbonyl (C=O) groups excluding carboxylic acids is 1. The molecule has 1 fully saturated rings. The van der Waals surface area contributed by atoms with Crippen molar-refractivity contribution in [1.82, 2.24) is 4.90 Å². The highest BCUT2D eigenvalue weighted by Gasteiger charge is 2.35. The summed E-state index contributed by atoms with van der Waals surface area (Å²) in [5, 5.41) is 0. The monoisotopic (exact) mass is 303 g/mol. The smallest absolute Gasteiger partial charge is 0.410 e. The highest BCUT2D eigenvalue weighted by Crippen LogP contribution is 2.37. The number of hydrogen-bond donors (Lipinski definition) is 0. The van der Waals surface area contributed by atoms with Crippen LogP contribution in [0, 0.1) is 0 Å². The third-order valence-corrected chi connectivity index (χ3v) is 4.57. The molecule has 1 aliphatic heterocycles. The number of amides is 1. The molecule has 3 nitrogen and oxygen atoms in total. The lowest BCUT2D eigenvalue weighted by molar-refractivity contribution is 0.0171. The number of hydrogen-bond acceptors (Lipinski definition) is 2. The van der Waals surface area contributed by atoms with Gasteiger partial charge in [-0.1, -0.05) is 38.1 Å². The second-order valence-corrected chi connectivity index (χ2v) is 7.54. The maximum absolute atomic E-state index is 12.2. The number of ether oxygens (including phenoxy) is 1. The van der Waals surface area contributed by atoms with Crippen LogP contribution < -0.4 is 0 Å². The van der Waals surface area contributed by atoms with E-state index in [0.29, 0.717) is 0 Å². The molecule has 0 aliphatic carbocycles. The van der Waals surface area contributed by atoms with Crippen LogP contribution in [0.15, 0.2) is 24.3 Å². The molecule has 22 heavy (non-hydrogen) atoms. The van der Waals surface area contributed by atoms with Crippen molar-refractivity contribution in [1.29, 1.82) is 0 Å². The lowest BCUT2D eigenvalue weighted by Crippen LogP contribution is -2.46. The molecule has 0 spiro atoms. The SMILES string of the molecule is CCc1ccccc1C1(C)CCN(C(=O)OC(C)(C)C)CC1. The molecule has 3 heteroatoms. The molecule has 1 aromatic rings. The fourth-order valence-corrected chi connectivity index (χ4v) is 3.20. The normalized spacial score (nSPS) is 18.1. The molecule has 0 N–H and O–H groups in total. The summed E-state index contributed by atoms with van der Waals surface area (Å²) in [5.41, 5.74) is 2.61. The van der Waals surface area contributed by atoms with Crippen LogP contribution in [0.25, 0.3) is 0 Å². The van der Waals surface area contributed by atoms with Gasteiger partial charge in [0.05, 0.1) is 0 Å². The Morgan fingerprint density at radius 1 is 1.23 bits per heavy atom. The van der Waals surface area contributed by atoms with Crippen LogP contribution in [0.4, 0.5) is 4.79 Å². The molecule has 2 rings (SSSR count). The Morgan fingerprint density at radius 2 is 1.82 bits per heavy atom. The van der Waals surface area contributed by atoms with Crippen LogP contribution >= 0.6 is 0 Å². The summed E-state index contributed by atoms with van der Waals surface area (Å²) < 4.78 is 5.48. The van der Waals surface area contributed by atoms with E-state index in [9.17, 15) is 4.79 Å². The number of piperidine rings is 1. The highest BCUT2D eigenvalue weighted by atomic mass is 16.6. The Balaban J connectivity index is 2.06. The number of benzene rings is 1. The van der Waals surface area contributed by atoms with Crippen molar-refractivity contribution in [2.75, 3.05) is 13.1 Å². The molecule has 0 bridgehead atoms. The topological polar surface area (TPSA) is 29.5 Å². The molecule has 1 aromatic carbocycles. The molecular formula is C19H29NO2. The Morgan fingerprint density at radius 3 is 2.36 bits per heavy atom. The lowest BCUT2D eigenvalue weighted by atomic mass is 9.72. The summed E-state index contributed by atoms with van der Waals surface area (Å²) in [6.45, 7) is 11.8. The summed E-state index contributed by atoms with van der Waals surface area (Å²) >= 11 is 0. The van der Waals surface area contributed by atoms with Crippen molar-refractivity contribution in [2.24, 2.45) is 0 Å². The number of nitrogens with zero attached hydrogens (tertiary/aromatic N) is 1. The van der Waals surface area contributed by atoms with Gasteiger partial charge in [0.1, 0.15) is 5.60 Å². The number of aryl methyl sites for hydroxylation is 1. The van der Waals surface area contributed by atoms with Gasteiger partial charge in [-0.2, -0.15) is 0 Å². The molecule has 0 unspecified atom stereocenters. The summed E-state index contributed by atoms with van der Waals surface area (Å²) in [6, 6.07) is 8.71. The van der Waals surface area contributed by atoms with Crippen molar-refractivity contribution in [2.45, 2.75) is 64.9 Å². The average molecular weight is 303 g/mol. The first-order chi connectivity index (χ1) is 10.2. The molecule has 1 aliphatic rings. The molecule has 122 valence electrons. The third kappa shape index (κ3) is 3.82. The molecule has 1 heterocycles. The van der Waals surface area contributed by atoms with E-state index in [2.05, 4.69) is 38.1 Å². The van der Waals surface area contributed by atoms with Crippen molar-refractivity contribution >= 4 is 6.09 Å². The number of rotatable bonds is 2. The van der Waals surface area contributed by atoms with Crippen LogP contribution in [0.5, 0.6) is 0 Å². The van der Waals surface area contributed by atoms with Gasteiger partial charge in [-0.15, -0.1) is 0 Å². The van der Waals surface area contributed by atoms with E-state index in [1.807, 2.05) is 25.7 Å². The average Bonchev–Trinajstić information content (AvgIpc) is 2.46. The Labute approximate surface area is 134 Å². The van der Waals surface area contributed by atoms with Gasteiger partial charge in [0.15, 0.2) is 0 Å². The Hall–Kier alpha value is -1.51. The molecule has 0 atom stereocenters. The summed E-state index contributed by atoms with van der Waals surface area (Å²) in [6.07, 6.45) is 2.85. The molecule has 1 amide bonds. The van der Waals surface area contributed by atoms with E-state index in [1.54, 1.807) is 0 Å². The molecule has 0 aromatic heterocycles. The zero-order valence-electron chi connectivity index (χ0n) is 14.6. The van der Waals surface area contributed by atoms with Gasteiger partial charge in [-0.05, 0) is 56.6 Å². The summed E-state index contributed by atoms with van der Waals surface area (Å²) in [5.74, 6) is 0. The van der Waals surface area contributed by atoms with Gasteiger partial charge in [-0.25, -0.2) is 4.79 Å². The second kappa shape index (κ2) is 6.31. The predicted molar refractivity (Wildman–Crippen MR) is 90.2 cm³/mol. The lowest BCUT2D eigenvalue weighted by Gasteiger charge is -2.41. The minimum absolute atomic E-state index is 0.158. The standard InChI is InChI=1S/C19H29NO2/c1-6-15-9-7-8-10-16(15)19(5)11-13-20(14-12-19)17(21)22-18(2,3)4/h7-10H,6,11-14H2,1-5H3. The maximum atomic E-state index is 12.2. The fraction of sp³-hybridized carbons (Fsp3) is 0.632. The minimum atomic E-state index is -0.424. The minimum Gasteiger partial charge on any atom is -0.444 e. The van der Waals surface area contributed by atoms with Crippen LogP contribution in [0.3, 0.4) is 0 Å². The van der Waals surface area contributed by atoms with Crippen molar-refractivity contribution in [3.63, 3.8) is 0 Å². The molecule has 0 radical (unpaired) electrons. The van der Waals surface area contributed by atoms with Gasteiger partial charge in [0, 0.05) is 13.1 Å². The number of likely N-dealkylation sites (tertiary alicyclic amines) is 1.